The molecule has 5 rings (SSSR count). The van der Waals surface area contributed by atoms with E-state index in [-0.39, 0.29) is 11.4 Å². The molecule has 1 aromatic heterocycles. The Kier molecular flexibility index (Phi) is 4.23. The summed E-state index contributed by atoms with van der Waals surface area (Å²) in [7, 11) is 0. The number of carbonyl (C=O) groups is 1. The number of rotatable bonds is 3. The van der Waals surface area contributed by atoms with Crippen LogP contribution in [-0.4, -0.2) is 28.9 Å². The van der Waals surface area contributed by atoms with Crippen molar-refractivity contribution in [1.82, 2.24) is 9.88 Å². The summed E-state index contributed by atoms with van der Waals surface area (Å²) < 4.78 is 0. The fraction of sp³-hybridized carbons (Fsp3) is 0.250. The van der Waals surface area contributed by atoms with Crippen LogP contribution in [0.4, 0.5) is 11.5 Å². The molecule has 1 amide bonds. The Morgan fingerprint density at radius 1 is 0.966 bits per heavy atom. The van der Waals surface area contributed by atoms with Crippen LogP contribution in [0.3, 0.4) is 0 Å². The van der Waals surface area contributed by atoms with Crippen molar-refractivity contribution in [2.45, 2.75) is 24.9 Å². The second-order valence-corrected chi connectivity index (χ2v) is 7.89. The average Bonchev–Trinajstić information content (AvgIpc) is 2.98. The maximum atomic E-state index is 13.4. The standard InChI is InChI=1S/C24H24N4O/c25-19-10-13-26-22(16-19)27-14-11-24(12-15-27)21-9-5-4-8-20(21)23(29)28(24)17-18-6-2-1-3-7-18/h1-10,13,16H,11-12,14-15,17H2,(H2,25,26). The van der Waals surface area contributed by atoms with Gasteiger partial charge in [-0.05, 0) is 36.1 Å². The number of hydrogen-bond acceptors (Lipinski definition) is 4. The molecular weight excluding hydrogens is 360 g/mol. The molecule has 1 fully saturated rings. The van der Waals surface area contributed by atoms with Gasteiger partial charge in [0.1, 0.15) is 5.82 Å². The lowest BCUT2D eigenvalue weighted by molar-refractivity contribution is 0.0434. The van der Waals surface area contributed by atoms with Crippen molar-refractivity contribution in [3.8, 4) is 0 Å². The van der Waals surface area contributed by atoms with E-state index in [2.05, 4.69) is 33.0 Å². The fourth-order valence-corrected chi connectivity index (χ4v) is 4.80. The van der Waals surface area contributed by atoms with Gasteiger partial charge in [0.2, 0.25) is 0 Å². The predicted octanol–water partition coefficient (Wildman–Crippen LogP) is 3.82. The lowest BCUT2D eigenvalue weighted by atomic mass is 9.80. The highest BCUT2D eigenvalue weighted by atomic mass is 16.2. The molecule has 0 radical (unpaired) electrons. The van der Waals surface area contributed by atoms with E-state index < -0.39 is 0 Å². The summed E-state index contributed by atoms with van der Waals surface area (Å²) in [6, 6.07) is 22.1. The number of anilines is 2. The normalized spacial score (nSPS) is 17.6. The molecule has 0 atom stereocenters. The molecule has 1 saturated heterocycles. The first-order valence-electron chi connectivity index (χ1n) is 10.1. The Bertz CT molecular complexity index is 1040. The Hall–Kier alpha value is -3.34. The van der Waals surface area contributed by atoms with Gasteiger partial charge in [0, 0.05) is 43.1 Å². The molecule has 0 aliphatic carbocycles. The van der Waals surface area contributed by atoms with Gasteiger partial charge in [0.15, 0.2) is 0 Å². The molecule has 5 nitrogen and oxygen atoms in total. The Morgan fingerprint density at radius 3 is 2.45 bits per heavy atom. The van der Waals surface area contributed by atoms with E-state index in [1.54, 1.807) is 6.20 Å². The molecular formula is C24H24N4O. The van der Waals surface area contributed by atoms with E-state index in [0.717, 1.165) is 48.6 Å². The summed E-state index contributed by atoms with van der Waals surface area (Å²) >= 11 is 0. The van der Waals surface area contributed by atoms with Crippen LogP contribution < -0.4 is 10.6 Å². The number of carbonyl (C=O) groups excluding carboxylic acids is 1. The van der Waals surface area contributed by atoms with Gasteiger partial charge in [0.05, 0.1) is 5.54 Å². The van der Waals surface area contributed by atoms with Crippen molar-refractivity contribution < 1.29 is 4.79 Å². The van der Waals surface area contributed by atoms with Crippen molar-refractivity contribution in [3.63, 3.8) is 0 Å². The molecule has 0 unspecified atom stereocenters. The topological polar surface area (TPSA) is 62.5 Å². The Balaban J connectivity index is 1.48. The number of nitrogen functional groups attached to an aromatic ring is 1. The molecule has 1 spiro atoms. The maximum Gasteiger partial charge on any atom is 0.255 e. The van der Waals surface area contributed by atoms with Crippen molar-refractivity contribution in [2.24, 2.45) is 0 Å². The van der Waals surface area contributed by atoms with Crippen LogP contribution in [0.5, 0.6) is 0 Å². The summed E-state index contributed by atoms with van der Waals surface area (Å²) in [6.07, 6.45) is 3.50. The number of nitrogens with two attached hydrogens (primary N) is 1. The number of pyridine rings is 1. The minimum atomic E-state index is -0.264. The van der Waals surface area contributed by atoms with Crippen LogP contribution in [0.1, 0.15) is 34.3 Å². The van der Waals surface area contributed by atoms with Crippen LogP contribution in [0, 0.1) is 0 Å². The number of aromatic nitrogens is 1. The molecule has 2 N–H and O–H groups in total. The number of amides is 1. The minimum absolute atomic E-state index is 0.139. The largest absolute Gasteiger partial charge is 0.399 e. The van der Waals surface area contributed by atoms with Gasteiger partial charge in [-0.1, -0.05) is 48.5 Å². The molecule has 146 valence electrons. The quantitative estimate of drug-likeness (QED) is 0.746. The predicted molar refractivity (Wildman–Crippen MR) is 115 cm³/mol. The van der Waals surface area contributed by atoms with Crippen molar-refractivity contribution in [3.05, 3.63) is 89.6 Å². The van der Waals surface area contributed by atoms with Gasteiger partial charge in [-0.15, -0.1) is 0 Å². The average molecular weight is 384 g/mol. The number of piperidine rings is 1. The van der Waals surface area contributed by atoms with Gasteiger partial charge in [-0.2, -0.15) is 0 Å². The van der Waals surface area contributed by atoms with Crippen molar-refractivity contribution in [1.29, 1.82) is 0 Å². The maximum absolute atomic E-state index is 13.4. The van der Waals surface area contributed by atoms with Gasteiger partial charge >= 0.3 is 0 Å². The summed E-state index contributed by atoms with van der Waals surface area (Å²) in [5.74, 6) is 1.05. The molecule has 3 heterocycles. The highest BCUT2D eigenvalue weighted by Crippen LogP contribution is 2.47. The summed E-state index contributed by atoms with van der Waals surface area (Å²) in [4.78, 5) is 22.2. The third-order valence-corrected chi connectivity index (χ3v) is 6.29. The molecule has 29 heavy (non-hydrogen) atoms. The number of hydrogen-bond donors (Lipinski definition) is 1. The smallest absolute Gasteiger partial charge is 0.255 e. The van der Waals surface area contributed by atoms with Crippen LogP contribution >= 0.6 is 0 Å². The minimum Gasteiger partial charge on any atom is -0.399 e. The highest BCUT2D eigenvalue weighted by molar-refractivity contribution is 6.00. The fourth-order valence-electron chi connectivity index (χ4n) is 4.80. The molecule has 0 saturated carbocycles. The lowest BCUT2D eigenvalue weighted by Gasteiger charge is -2.46. The first-order chi connectivity index (χ1) is 14.2. The van der Waals surface area contributed by atoms with Gasteiger partial charge in [-0.3, -0.25) is 4.79 Å². The van der Waals surface area contributed by atoms with Crippen LogP contribution in [-0.2, 0) is 12.1 Å². The molecule has 3 aromatic rings. The van der Waals surface area contributed by atoms with E-state index in [9.17, 15) is 4.79 Å². The van der Waals surface area contributed by atoms with Crippen molar-refractivity contribution >= 4 is 17.4 Å². The second-order valence-electron chi connectivity index (χ2n) is 7.89. The van der Waals surface area contributed by atoms with E-state index in [1.807, 2.05) is 48.5 Å². The van der Waals surface area contributed by atoms with Crippen LogP contribution in [0.25, 0.3) is 0 Å². The highest BCUT2D eigenvalue weighted by Gasteiger charge is 2.50. The summed E-state index contributed by atoms with van der Waals surface area (Å²) in [5.41, 5.74) is 9.59. The summed E-state index contributed by atoms with van der Waals surface area (Å²) in [6.45, 7) is 2.30. The van der Waals surface area contributed by atoms with Crippen molar-refractivity contribution in [2.75, 3.05) is 23.7 Å². The second kappa shape index (κ2) is 6.92. The number of benzene rings is 2. The summed E-state index contributed by atoms with van der Waals surface area (Å²) in [5, 5.41) is 0. The van der Waals surface area contributed by atoms with Gasteiger partial charge in [0.25, 0.3) is 5.91 Å². The van der Waals surface area contributed by atoms with E-state index in [4.69, 9.17) is 5.73 Å². The number of nitrogens with zero attached hydrogens (tertiary/aromatic N) is 3. The molecule has 2 aliphatic heterocycles. The third-order valence-electron chi connectivity index (χ3n) is 6.29. The molecule has 2 aromatic carbocycles. The SMILES string of the molecule is Nc1ccnc(N2CCC3(CC2)c2ccccc2C(=O)N3Cc2ccccc2)c1. The zero-order valence-corrected chi connectivity index (χ0v) is 16.3. The number of fused-ring (bicyclic) bond motifs is 2. The first kappa shape index (κ1) is 17.7. The molecule has 0 bridgehead atoms. The molecule has 2 aliphatic rings. The monoisotopic (exact) mass is 384 g/mol. The molecule has 5 heteroatoms. The first-order valence-corrected chi connectivity index (χ1v) is 10.1. The Labute approximate surface area is 170 Å². The zero-order valence-electron chi connectivity index (χ0n) is 16.3. The van der Waals surface area contributed by atoms with Crippen LogP contribution in [0.2, 0.25) is 0 Å². The third kappa shape index (κ3) is 2.94. The van der Waals surface area contributed by atoms with Gasteiger partial charge < -0.3 is 15.5 Å². The van der Waals surface area contributed by atoms with E-state index in [0.29, 0.717) is 6.54 Å². The lowest BCUT2D eigenvalue weighted by Crippen LogP contribution is -2.51. The van der Waals surface area contributed by atoms with E-state index >= 15 is 0 Å². The van der Waals surface area contributed by atoms with Gasteiger partial charge in [-0.25, -0.2) is 4.98 Å². The van der Waals surface area contributed by atoms with E-state index in [1.165, 1.54) is 5.56 Å². The van der Waals surface area contributed by atoms with Crippen LogP contribution in [0.15, 0.2) is 72.9 Å². The zero-order chi connectivity index (χ0) is 19.8. The Morgan fingerprint density at radius 2 is 1.69 bits per heavy atom.